The summed E-state index contributed by atoms with van der Waals surface area (Å²) in [7, 11) is 3.75. The zero-order chi connectivity index (χ0) is 25.8. The minimum Gasteiger partial charge on any atom is -0.380 e. The van der Waals surface area contributed by atoms with Gasteiger partial charge in [0.15, 0.2) is 5.78 Å². The molecule has 1 amide bonds. The molecule has 3 aromatic carbocycles. The number of ketones is 1. The Labute approximate surface area is 219 Å². The van der Waals surface area contributed by atoms with Crippen molar-refractivity contribution in [2.45, 2.75) is 31.4 Å². The maximum atomic E-state index is 13.5. The number of rotatable bonds is 9. The van der Waals surface area contributed by atoms with Crippen molar-refractivity contribution >= 4 is 17.4 Å². The Balaban J connectivity index is 1.30. The number of ether oxygens (including phenoxy) is 1. The number of carbonyl (C=O) groups excluding carboxylic acids is 2. The molecule has 1 saturated heterocycles. The molecular weight excluding hydrogens is 462 g/mol. The lowest BCUT2D eigenvalue weighted by molar-refractivity contribution is -0.123. The van der Waals surface area contributed by atoms with E-state index in [2.05, 4.69) is 46.4 Å². The molecule has 0 aromatic heterocycles. The van der Waals surface area contributed by atoms with E-state index in [0.29, 0.717) is 24.3 Å². The van der Waals surface area contributed by atoms with Gasteiger partial charge < -0.3 is 15.0 Å². The summed E-state index contributed by atoms with van der Waals surface area (Å²) in [5, 5.41) is 3.16. The van der Waals surface area contributed by atoms with Crippen LogP contribution in [0.2, 0.25) is 0 Å². The van der Waals surface area contributed by atoms with Crippen LogP contribution >= 0.6 is 0 Å². The molecule has 1 heterocycles. The molecule has 1 N–H and O–H groups in total. The molecule has 5 rings (SSSR count). The van der Waals surface area contributed by atoms with Gasteiger partial charge in [-0.2, -0.15) is 0 Å². The smallest absolute Gasteiger partial charge is 0.244 e. The lowest BCUT2D eigenvalue weighted by atomic mass is 9.98. The van der Waals surface area contributed by atoms with Crippen molar-refractivity contribution in [2.24, 2.45) is 0 Å². The average Bonchev–Trinajstić information content (AvgIpc) is 3.73. The number of carbonyl (C=O) groups is 2. The fraction of sp³-hybridized carbons (Fsp3) is 0.355. The van der Waals surface area contributed by atoms with E-state index in [0.717, 1.165) is 61.3 Å². The number of anilines is 1. The summed E-state index contributed by atoms with van der Waals surface area (Å²) in [5.41, 5.74) is 4.94. The molecule has 0 spiro atoms. The highest BCUT2D eigenvalue weighted by molar-refractivity contribution is 6.03. The first-order valence-electron chi connectivity index (χ1n) is 13.0. The van der Waals surface area contributed by atoms with E-state index < -0.39 is 5.54 Å². The molecule has 37 heavy (non-hydrogen) atoms. The molecule has 2 aliphatic rings. The Morgan fingerprint density at radius 3 is 2.22 bits per heavy atom. The van der Waals surface area contributed by atoms with Crippen molar-refractivity contribution in [3.63, 3.8) is 0 Å². The van der Waals surface area contributed by atoms with E-state index in [-0.39, 0.29) is 11.7 Å². The van der Waals surface area contributed by atoms with Gasteiger partial charge in [0.2, 0.25) is 5.91 Å². The van der Waals surface area contributed by atoms with Crippen LogP contribution in [0.1, 0.15) is 34.3 Å². The van der Waals surface area contributed by atoms with Gasteiger partial charge in [0.25, 0.3) is 0 Å². The van der Waals surface area contributed by atoms with Gasteiger partial charge in [-0.15, -0.1) is 0 Å². The zero-order valence-electron chi connectivity index (χ0n) is 21.7. The Morgan fingerprint density at radius 2 is 1.57 bits per heavy atom. The predicted molar refractivity (Wildman–Crippen MR) is 147 cm³/mol. The lowest BCUT2D eigenvalue weighted by Gasteiger charge is -2.37. The summed E-state index contributed by atoms with van der Waals surface area (Å²) >= 11 is 0. The Morgan fingerprint density at radius 1 is 0.892 bits per heavy atom. The number of piperazine rings is 1. The number of benzene rings is 3. The second kappa shape index (κ2) is 11.0. The van der Waals surface area contributed by atoms with Crippen molar-refractivity contribution in [2.75, 3.05) is 45.7 Å². The van der Waals surface area contributed by atoms with E-state index in [4.69, 9.17) is 4.74 Å². The van der Waals surface area contributed by atoms with E-state index >= 15 is 0 Å². The van der Waals surface area contributed by atoms with Gasteiger partial charge >= 0.3 is 0 Å². The van der Waals surface area contributed by atoms with Gasteiger partial charge in [0.1, 0.15) is 5.54 Å². The Kier molecular flexibility index (Phi) is 7.51. The van der Waals surface area contributed by atoms with Crippen LogP contribution in [-0.2, 0) is 22.6 Å². The van der Waals surface area contributed by atoms with Crippen molar-refractivity contribution < 1.29 is 14.3 Å². The van der Waals surface area contributed by atoms with Crippen LogP contribution < -0.4 is 5.32 Å². The van der Waals surface area contributed by atoms with Crippen molar-refractivity contribution in [3.05, 3.63) is 89.5 Å². The highest BCUT2D eigenvalue weighted by atomic mass is 16.5. The number of methoxy groups -OCH3 is 1. The zero-order valence-corrected chi connectivity index (χ0v) is 21.7. The molecule has 2 fully saturated rings. The van der Waals surface area contributed by atoms with Gasteiger partial charge in [-0.05, 0) is 42.6 Å². The van der Waals surface area contributed by atoms with E-state index in [9.17, 15) is 9.59 Å². The van der Waals surface area contributed by atoms with Crippen LogP contribution in [0.5, 0.6) is 0 Å². The fourth-order valence-electron chi connectivity index (χ4n) is 5.16. The molecule has 6 heteroatoms. The molecule has 1 aliphatic heterocycles. The number of hydrogen-bond acceptors (Lipinski definition) is 5. The summed E-state index contributed by atoms with van der Waals surface area (Å²) in [5.74, 6) is 0.0441. The Bertz CT molecular complexity index is 1240. The molecule has 1 saturated carbocycles. The number of nitrogens with zero attached hydrogens (tertiary/aromatic N) is 2. The molecule has 3 aromatic rings. The van der Waals surface area contributed by atoms with Gasteiger partial charge in [-0.3, -0.25) is 14.5 Å². The van der Waals surface area contributed by atoms with Gasteiger partial charge in [0.05, 0.1) is 6.61 Å². The molecule has 0 atom stereocenters. The first-order valence-corrected chi connectivity index (χ1v) is 13.0. The number of nitrogens with one attached hydrogen (secondary N) is 1. The van der Waals surface area contributed by atoms with Crippen LogP contribution in [0.15, 0.2) is 72.8 Å². The third-order valence-electron chi connectivity index (χ3n) is 7.66. The molecular formula is C31H35N3O3. The summed E-state index contributed by atoms with van der Waals surface area (Å²) in [4.78, 5) is 31.3. The summed E-state index contributed by atoms with van der Waals surface area (Å²) in [6.45, 7) is 4.11. The fourth-order valence-corrected chi connectivity index (χ4v) is 5.16. The number of likely N-dealkylation sites (N-methyl/N-ethyl adjacent to an activating group) is 1. The minimum absolute atomic E-state index is 0.0205. The highest BCUT2D eigenvalue weighted by Crippen LogP contribution is 2.43. The van der Waals surface area contributed by atoms with Crippen molar-refractivity contribution in [3.8, 4) is 11.1 Å². The number of Topliss-reactive ketones (excluding diaryl/α,β-unsaturated/α-hetero) is 1. The predicted octanol–water partition coefficient (Wildman–Crippen LogP) is 4.64. The quantitative estimate of drug-likeness (QED) is 0.437. The normalized spacial score (nSPS) is 17.4. The number of hydrogen-bond donors (Lipinski definition) is 1. The van der Waals surface area contributed by atoms with Gasteiger partial charge in [-0.25, -0.2) is 0 Å². The molecule has 192 valence electrons. The standard InChI is InChI=1S/C31H35N3O3/c1-33-16-18-34(19-17-33)31(14-15-31)30(36)32-28-21-26(12-13-27(28)22-37-2)29(35)20-23-8-10-25(11-9-23)24-6-4-3-5-7-24/h3-13,21H,14-20,22H2,1-2H3,(H,32,36). The summed E-state index contributed by atoms with van der Waals surface area (Å²) in [6.07, 6.45) is 2.05. The van der Waals surface area contributed by atoms with Crippen molar-refractivity contribution in [1.29, 1.82) is 0 Å². The topological polar surface area (TPSA) is 61.9 Å². The third kappa shape index (κ3) is 5.67. The Hall–Kier alpha value is -3.32. The molecule has 6 nitrogen and oxygen atoms in total. The molecule has 0 unspecified atom stereocenters. The second-order valence-electron chi connectivity index (χ2n) is 10.2. The summed E-state index contributed by atoms with van der Waals surface area (Å²) < 4.78 is 5.37. The van der Waals surface area contributed by atoms with Gasteiger partial charge in [-0.1, -0.05) is 66.7 Å². The van der Waals surface area contributed by atoms with Crippen LogP contribution in [0, 0.1) is 0 Å². The monoisotopic (exact) mass is 497 g/mol. The van der Waals surface area contributed by atoms with E-state index in [1.54, 1.807) is 7.11 Å². The van der Waals surface area contributed by atoms with Crippen LogP contribution in [0.4, 0.5) is 5.69 Å². The minimum atomic E-state index is -0.424. The SMILES string of the molecule is COCc1ccc(C(=O)Cc2ccc(-c3ccccc3)cc2)cc1NC(=O)C1(N2CCN(C)CC2)CC1. The summed E-state index contributed by atoms with van der Waals surface area (Å²) in [6, 6.07) is 23.9. The average molecular weight is 498 g/mol. The largest absolute Gasteiger partial charge is 0.380 e. The van der Waals surface area contributed by atoms with E-state index in [1.807, 2.05) is 48.5 Å². The van der Waals surface area contributed by atoms with Gasteiger partial charge in [0, 0.05) is 56.5 Å². The third-order valence-corrected chi connectivity index (χ3v) is 7.66. The van der Waals surface area contributed by atoms with Crippen molar-refractivity contribution in [1.82, 2.24) is 9.80 Å². The first-order chi connectivity index (χ1) is 18.0. The van der Waals surface area contributed by atoms with Crippen LogP contribution in [0.3, 0.4) is 0 Å². The maximum Gasteiger partial charge on any atom is 0.244 e. The first kappa shape index (κ1) is 25.3. The molecule has 0 radical (unpaired) electrons. The molecule has 0 bridgehead atoms. The van der Waals surface area contributed by atoms with Crippen LogP contribution in [0.25, 0.3) is 11.1 Å². The lowest BCUT2D eigenvalue weighted by Crippen LogP contribution is -2.54. The highest BCUT2D eigenvalue weighted by Gasteiger charge is 2.54. The van der Waals surface area contributed by atoms with Crippen LogP contribution in [-0.4, -0.2) is 67.4 Å². The second-order valence-corrected chi connectivity index (χ2v) is 10.2. The molecule has 1 aliphatic carbocycles. The maximum absolute atomic E-state index is 13.5. The number of amides is 1. The van der Waals surface area contributed by atoms with E-state index in [1.165, 1.54) is 0 Å².